The molecule has 0 saturated heterocycles. The molecule has 0 bridgehead atoms. The summed E-state index contributed by atoms with van der Waals surface area (Å²) in [6.45, 7) is 5.69. The highest BCUT2D eigenvalue weighted by atomic mass is 32.1. The predicted octanol–water partition coefficient (Wildman–Crippen LogP) is 2.52. The van der Waals surface area contributed by atoms with Gasteiger partial charge in [-0.15, -0.1) is 11.3 Å². The molecular formula is C21H21N3O7S. The number of fused-ring (bicyclic) bond motifs is 1. The predicted molar refractivity (Wildman–Crippen MR) is 118 cm³/mol. The number of benzene rings is 1. The number of ether oxygens (including phenoxy) is 3. The van der Waals surface area contributed by atoms with E-state index in [-0.39, 0.29) is 34.7 Å². The second-order valence-electron chi connectivity index (χ2n) is 6.24. The van der Waals surface area contributed by atoms with Gasteiger partial charge in [0.25, 0.3) is 5.56 Å². The van der Waals surface area contributed by atoms with Crippen LogP contribution in [0.5, 0.6) is 5.75 Å². The minimum Gasteiger partial charge on any atom is -0.494 e. The summed E-state index contributed by atoms with van der Waals surface area (Å²) >= 11 is 0.983. The summed E-state index contributed by atoms with van der Waals surface area (Å²) in [5.41, 5.74) is -0.305. The summed E-state index contributed by atoms with van der Waals surface area (Å²) in [5.74, 6) is -2.23. The van der Waals surface area contributed by atoms with Crippen molar-refractivity contribution in [2.24, 2.45) is 0 Å². The van der Waals surface area contributed by atoms with Crippen LogP contribution in [-0.2, 0) is 19.1 Å². The smallest absolute Gasteiger partial charge is 0.397 e. The fourth-order valence-electron chi connectivity index (χ4n) is 2.87. The number of hydrogen-bond acceptors (Lipinski definition) is 9. The van der Waals surface area contributed by atoms with E-state index in [0.717, 1.165) is 16.0 Å². The number of nitrogens with one attached hydrogen (secondary N) is 1. The summed E-state index contributed by atoms with van der Waals surface area (Å²) in [4.78, 5) is 49.7. The SMILES string of the molecule is CCOC(=O)C(=O)Nc1scc2c(C(=O)OCC)nn(-c3ccc(OCC)cc3)c(=O)c12. The molecule has 168 valence electrons. The van der Waals surface area contributed by atoms with Gasteiger partial charge in [-0.3, -0.25) is 9.59 Å². The lowest BCUT2D eigenvalue weighted by Crippen LogP contribution is -2.27. The highest BCUT2D eigenvalue weighted by Crippen LogP contribution is 2.30. The number of amides is 1. The molecule has 10 nitrogen and oxygen atoms in total. The molecule has 2 aromatic heterocycles. The maximum atomic E-state index is 13.3. The number of aromatic nitrogens is 2. The van der Waals surface area contributed by atoms with Gasteiger partial charge >= 0.3 is 17.8 Å². The highest BCUT2D eigenvalue weighted by Gasteiger charge is 2.24. The lowest BCUT2D eigenvalue weighted by molar-refractivity contribution is -0.152. The van der Waals surface area contributed by atoms with Crippen LogP contribution in [0.1, 0.15) is 31.3 Å². The van der Waals surface area contributed by atoms with Crippen molar-refractivity contribution in [3.63, 3.8) is 0 Å². The van der Waals surface area contributed by atoms with E-state index in [1.807, 2.05) is 6.92 Å². The van der Waals surface area contributed by atoms with Crippen LogP contribution in [0, 0.1) is 0 Å². The molecule has 0 fully saturated rings. The van der Waals surface area contributed by atoms with Gasteiger partial charge in [0.15, 0.2) is 5.69 Å². The number of rotatable bonds is 7. The van der Waals surface area contributed by atoms with Crippen LogP contribution in [0.3, 0.4) is 0 Å². The van der Waals surface area contributed by atoms with Crippen molar-refractivity contribution in [1.29, 1.82) is 0 Å². The largest absolute Gasteiger partial charge is 0.494 e. The van der Waals surface area contributed by atoms with Crippen LogP contribution in [-0.4, -0.2) is 47.4 Å². The lowest BCUT2D eigenvalue weighted by atomic mass is 10.2. The third-order valence-corrected chi connectivity index (χ3v) is 5.10. The van der Waals surface area contributed by atoms with Crippen LogP contribution in [0.15, 0.2) is 34.4 Å². The zero-order valence-electron chi connectivity index (χ0n) is 17.7. The van der Waals surface area contributed by atoms with Crippen molar-refractivity contribution in [3.8, 4) is 11.4 Å². The summed E-state index contributed by atoms with van der Waals surface area (Å²) in [6, 6.07) is 6.56. The minimum atomic E-state index is -1.08. The summed E-state index contributed by atoms with van der Waals surface area (Å²) < 4.78 is 16.2. The molecule has 0 aliphatic carbocycles. The van der Waals surface area contributed by atoms with Crippen molar-refractivity contribution < 1.29 is 28.6 Å². The van der Waals surface area contributed by atoms with Crippen LogP contribution < -0.4 is 15.6 Å². The summed E-state index contributed by atoms with van der Waals surface area (Å²) in [6.07, 6.45) is 0. The Kier molecular flexibility index (Phi) is 7.21. The number of hydrogen-bond donors (Lipinski definition) is 1. The van der Waals surface area contributed by atoms with E-state index in [0.29, 0.717) is 18.0 Å². The van der Waals surface area contributed by atoms with Crippen LogP contribution in [0.2, 0.25) is 0 Å². The van der Waals surface area contributed by atoms with Crippen molar-refractivity contribution >= 4 is 45.0 Å². The molecule has 3 aromatic rings. The fourth-order valence-corrected chi connectivity index (χ4v) is 3.80. The molecule has 0 unspecified atom stereocenters. The lowest BCUT2D eigenvalue weighted by Gasteiger charge is -2.10. The van der Waals surface area contributed by atoms with Gasteiger partial charge in [-0.05, 0) is 45.0 Å². The van der Waals surface area contributed by atoms with E-state index in [1.165, 1.54) is 5.38 Å². The second-order valence-corrected chi connectivity index (χ2v) is 7.12. The van der Waals surface area contributed by atoms with E-state index in [2.05, 4.69) is 15.2 Å². The van der Waals surface area contributed by atoms with E-state index in [4.69, 9.17) is 9.47 Å². The molecule has 32 heavy (non-hydrogen) atoms. The van der Waals surface area contributed by atoms with Crippen molar-refractivity contribution in [1.82, 2.24) is 9.78 Å². The zero-order chi connectivity index (χ0) is 23.3. The van der Waals surface area contributed by atoms with Gasteiger partial charge in [-0.2, -0.15) is 9.78 Å². The first kappa shape index (κ1) is 22.9. The van der Waals surface area contributed by atoms with Crippen LogP contribution in [0.25, 0.3) is 16.5 Å². The second kappa shape index (κ2) is 10.1. The maximum absolute atomic E-state index is 13.3. The quantitative estimate of drug-likeness (QED) is 0.422. The molecule has 2 heterocycles. The average molecular weight is 459 g/mol. The molecule has 0 atom stereocenters. The molecule has 0 spiro atoms. The molecule has 1 aromatic carbocycles. The number of nitrogens with zero attached hydrogens (tertiary/aromatic N) is 2. The monoisotopic (exact) mass is 459 g/mol. The van der Waals surface area contributed by atoms with E-state index in [1.54, 1.807) is 38.1 Å². The molecular weight excluding hydrogens is 438 g/mol. The third-order valence-electron chi connectivity index (χ3n) is 4.20. The van der Waals surface area contributed by atoms with Crippen molar-refractivity contribution in [3.05, 3.63) is 45.7 Å². The Balaban J connectivity index is 2.16. The van der Waals surface area contributed by atoms with Gasteiger partial charge < -0.3 is 19.5 Å². The van der Waals surface area contributed by atoms with Gasteiger partial charge in [0.1, 0.15) is 10.8 Å². The fraction of sp³-hybridized carbons (Fsp3) is 0.286. The van der Waals surface area contributed by atoms with Gasteiger partial charge in [0.2, 0.25) is 0 Å². The van der Waals surface area contributed by atoms with Crippen molar-refractivity contribution in [2.45, 2.75) is 20.8 Å². The number of thiophene rings is 1. The first-order chi connectivity index (χ1) is 15.4. The zero-order valence-corrected chi connectivity index (χ0v) is 18.5. The Morgan fingerprint density at radius 2 is 1.72 bits per heavy atom. The summed E-state index contributed by atoms with van der Waals surface area (Å²) in [7, 11) is 0. The maximum Gasteiger partial charge on any atom is 0.397 e. The first-order valence-corrected chi connectivity index (χ1v) is 10.7. The molecule has 1 amide bonds. The van der Waals surface area contributed by atoms with Gasteiger partial charge in [-0.25, -0.2) is 9.59 Å². The van der Waals surface area contributed by atoms with Crippen LogP contribution >= 0.6 is 11.3 Å². The standard InChI is InChI=1S/C21H21N3O7S/c1-4-29-13-9-7-12(8-10-13)24-19(26)15-14(16(23-24)20(27)30-5-2)11-32-18(15)22-17(25)21(28)31-6-3/h7-11H,4-6H2,1-3H3,(H,22,25). The Morgan fingerprint density at radius 3 is 2.34 bits per heavy atom. The number of anilines is 1. The molecule has 0 aliphatic rings. The first-order valence-electron chi connectivity index (χ1n) is 9.84. The van der Waals surface area contributed by atoms with Gasteiger partial charge in [-0.1, -0.05) is 0 Å². The molecule has 0 saturated carbocycles. The number of carbonyl (C=O) groups excluding carboxylic acids is 3. The van der Waals surface area contributed by atoms with Crippen LogP contribution in [0.4, 0.5) is 5.00 Å². The van der Waals surface area contributed by atoms with E-state index >= 15 is 0 Å². The molecule has 11 heteroatoms. The average Bonchev–Trinajstić information content (AvgIpc) is 3.19. The highest BCUT2D eigenvalue weighted by molar-refractivity contribution is 7.16. The molecule has 0 aliphatic heterocycles. The Hall–Kier alpha value is -3.73. The molecule has 0 radical (unpaired) electrons. The van der Waals surface area contributed by atoms with Gasteiger partial charge in [0, 0.05) is 10.8 Å². The molecule has 3 rings (SSSR count). The van der Waals surface area contributed by atoms with Crippen molar-refractivity contribution in [2.75, 3.05) is 25.1 Å². The topological polar surface area (TPSA) is 126 Å². The Bertz CT molecular complexity index is 1210. The normalized spacial score (nSPS) is 10.6. The molecule has 1 N–H and O–H groups in total. The number of esters is 2. The van der Waals surface area contributed by atoms with Gasteiger partial charge in [0.05, 0.1) is 30.9 Å². The minimum absolute atomic E-state index is 0.0267. The van der Waals surface area contributed by atoms with E-state index in [9.17, 15) is 19.2 Å². The number of carbonyl (C=O) groups is 3. The van der Waals surface area contributed by atoms with E-state index < -0.39 is 23.4 Å². The Morgan fingerprint density at radius 1 is 1.03 bits per heavy atom. The summed E-state index contributed by atoms with van der Waals surface area (Å²) in [5, 5.41) is 8.43. The third kappa shape index (κ3) is 4.62. The Labute approximate surface area is 186 Å².